The van der Waals surface area contributed by atoms with Gasteiger partial charge in [-0.05, 0) is 44.2 Å². The highest BCUT2D eigenvalue weighted by molar-refractivity contribution is 7.09. The van der Waals surface area contributed by atoms with Gasteiger partial charge >= 0.3 is 11.9 Å². The Morgan fingerprint density at radius 3 is 2.45 bits per heavy atom. The van der Waals surface area contributed by atoms with E-state index in [1.807, 2.05) is 27.7 Å². The van der Waals surface area contributed by atoms with Crippen LogP contribution in [-0.2, 0) is 19.1 Å². The number of amides is 1. The Balaban J connectivity index is 2.27. The van der Waals surface area contributed by atoms with Crippen molar-refractivity contribution in [2.24, 2.45) is 17.8 Å². The van der Waals surface area contributed by atoms with Crippen molar-refractivity contribution < 1.29 is 29.0 Å². The van der Waals surface area contributed by atoms with E-state index in [1.165, 1.54) is 12.3 Å². The minimum Gasteiger partial charge on any atom is -0.476 e. The van der Waals surface area contributed by atoms with Crippen LogP contribution in [0.4, 0.5) is 0 Å². The van der Waals surface area contributed by atoms with Crippen molar-refractivity contribution in [2.45, 2.75) is 111 Å². The van der Waals surface area contributed by atoms with Crippen LogP contribution in [0.2, 0.25) is 0 Å². The van der Waals surface area contributed by atoms with Gasteiger partial charge in [-0.1, -0.05) is 53.9 Å². The molecule has 1 amide bonds. The first-order chi connectivity index (χ1) is 18.9. The molecule has 10 heteroatoms. The van der Waals surface area contributed by atoms with Crippen LogP contribution in [0.15, 0.2) is 5.38 Å². The van der Waals surface area contributed by atoms with Gasteiger partial charge in [-0.2, -0.15) is 0 Å². The molecule has 1 aliphatic rings. The highest BCUT2D eigenvalue weighted by Gasteiger charge is 2.38. The molecule has 1 N–H and O–H groups in total. The van der Waals surface area contributed by atoms with Gasteiger partial charge in [0, 0.05) is 44.2 Å². The van der Waals surface area contributed by atoms with E-state index in [0.29, 0.717) is 5.01 Å². The molecule has 0 aliphatic carbocycles. The molecule has 2 rings (SSSR count). The number of ketones is 1. The van der Waals surface area contributed by atoms with Gasteiger partial charge in [0.1, 0.15) is 5.01 Å². The van der Waals surface area contributed by atoms with Crippen molar-refractivity contribution in [1.82, 2.24) is 14.8 Å². The first kappa shape index (κ1) is 33.9. The number of thiazole rings is 1. The molecule has 1 aromatic heterocycles. The van der Waals surface area contributed by atoms with Crippen LogP contribution in [0.5, 0.6) is 0 Å². The molecule has 1 saturated heterocycles. The second kappa shape index (κ2) is 16.2. The fraction of sp³-hybridized carbons (Fsp3) is 0.767. The van der Waals surface area contributed by atoms with Crippen molar-refractivity contribution in [1.29, 1.82) is 0 Å². The van der Waals surface area contributed by atoms with Crippen LogP contribution in [0.3, 0.4) is 0 Å². The number of unbranched alkanes of at least 4 members (excludes halogenated alkanes) is 1. The molecule has 1 fully saturated rings. The Hall–Kier alpha value is -2.33. The number of piperidine rings is 1. The number of esters is 1. The molecule has 0 spiro atoms. The molecular formula is C30H49N3O6S. The van der Waals surface area contributed by atoms with E-state index < -0.39 is 24.0 Å². The van der Waals surface area contributed by atoms with Crippen LogP contribution in [0.1, 0.15) is 115 Å². The van der Waals surface area contributed by atoms with Gasteiger partial charge in [-0.25, -0.2) is 9.78 Å². The summed E-state index contributed by atoms with van der Waals surface area (Å²) in [6.45, 7) is 13.4. The first-order valence-corrected chi connectivity index (χ1v) is 15.7. The lowest BCUT2D eigenvalue weighted by atomic mass is 9.82. The zero-order chi connectivity index (χ0) is 30.0. The zero-order valence-electron chi connectivity index (χ0n) is 25.4. The predicted molar refractivity (Wildman–Crippen MR) is 156 cm³/mol. The quantitative estimate of drug-likeness (QED) is 0.252. The number of hydrogen-bond acceptors (Lipinski definition) is 8. The van der Waals surface area contributed by atoms with Crippen molar-refractivity contribution in [3.8, 4) is 0 Å². The van der Waals surface area contributed by atoms with Crippen LogP contribution < -0.4 is 0 Å². The maximum atomic E-state index is 14.1. The Morgan fingerprint density at radius 1 is 1.20 bits per heavy atom. The molecule has 226 valence electrons. The fourth-order valence-corrected chi connectivity index (χ4v) is 6.44. The monoisotopic (exact) mass is 579 g/mol. The topological polar surface area (TPSA) is 117 Å². The number of likely N-dealkylation sites (tertiary alicyclic amines) is 1. The molecular weight excluding hydrogens is 530 g/mol. The SMILES string of the molecule is CCCCN1CCCC[C@@H]1C(=O)C[C@H](C(=O)N(C)[C@H](C[C@@H](OC(C)=O)c1nc(C(=O)O)cs1)C(C)C)[C@@H](C)CC. The average Bonchev–Trinajstić information content (AvgIpc) is 3.42. The lowest BCUT2D eigenvalue weighted by molar-refractivity contribution is -0.149. The van der Waals surface area contributed by atoms with Crippen molar-refractivity contribution in [3.63, 3.8) is 0 Å². The largest absolute Gasteiger partial charge is 0.476 e. The Morgan fingerprint density at radius 2 is 1.90 bits per heavy atom. The third-order valence-electron chi connectivity index (χ3n) is 8.25. The lowest BCUT2D eigenvalue weighted by Gasteiger charge is -2.38. The minimum absolute atomic E-state index is 0.0158. The van der Waals surface area contributed by atoms with Crippen LogP contribution in [0.25, 0.3) is 0 Å². The number of carbonyl (C=O) groups is 4. The van der Waals surface area contributed by atoms with Gasteiger partial charge in [0.05, 0.1) is 6.04 Å². The molecule has 0 radical (unpaired) electrons. The minimum atomic E-state index is -1.15. The zero-order valence-corrected chi connectivity index (χ0v) is 26.2. The summed E-state index contributed by atoms with van der Waals surface area (Å²) in [6, 6.07) is -0.432. The van der Waals surface area contributed by atoms with Crippen molar-refractivity contribution in [3.05, 3.63) is 16.1 Å². The van der Waals surface area contributed by atoms with Crippen molar-refractivity contribution >= 4 is 35.0 Å². The smallest absolute Gasteiger partial charge is 0.355 e. The summed E-state index contributed by atoms with van der Waals surface area (Å²) in [7, 11) is 1.76. The molecule has 5 atom stereocenters. The Labute approximate surface area is 243 Å². The molecule has 2 heterocycles. The number of aromatic carboxylic acids is 1. The standard InChI is InChI=1S/C30H49N3O6S/c1-8-10-14-33-15-12-11-13-24(33)26(35)16-22(20(5)9-2)29(36)32(7)25(19(3)4)17-27(39-21(6)34)28-31-23(18-40-28)30(37)38/h18-20,22,24-25,27H,8-17H2,1-7H3,(H,37,38)/t20-,22-,24+,25+,27+/m0/s1. The maximum Gasteiger partial charge on any atom is 0.355 e. The second-order valence-electron chi connectivity index (χ2n) is 11.5. The van der Waals surface area contributed by atoms with E-state index in [4.69, 9.17) is 4.74 Å². The molecule has 0 aromatic carbocycles. The molecule has 1 aliphatic heterocycles. The van der Waals surface area contributed by atoms with E-state index in [-0.39, 0.29) is 54.1 Å². The van der Waals surface area contributed by atoms with Gasteiger partial charge in [0.15, 0.2) is 17.6 Å². The summed E-state index contributed by atoms with van der Waals surface area (Å²) < 4.78 is 5.58. The number of nitrogens with zero attached hydrogens (tertiary/aromatic N) is 3. The van der Waals surface area contributed by atoms with Crippen molar-refractivity contribution in [2.75, 3.05) is 20.1 Å². The van der Waals surface area contributed by atoms with E-state index in [9.17, 15) is 24.3 Å². The molecule has 9 nitrogen and oxygen atoms in total. The summed E-state index contributed by atoms with van der Waals surface area (Å²) in [5.74, 6) is -1.97. The van der Waals surface area contributed by atoms with Gasteiger partial charge in [0.2, 0.25) is 5.91 Å². The number of carboxylic acids is 1. The molecule has 0 bridgehead atoms. The normalized spacial score (nSPS) is 19.1. The summed E-state index contributed by atoms with van der Waals surface area (Å²) in [4.78, 5) is 59.2. The lowest BCUT2D eigenvalue weighted by Crippen LogP contribution is -2.49. The molecule has 40 heavy (non-hydrogen) atoms. The predicted octanol–water partition coefficient (Wildman–Crippen LogP) is 5.59. The molecule has 0 unspecified atom stereocenters. The number of aromatic nitrogens is 1. The maximum absolute atomic E-state index is 14.1. The van der Waals surface area contributed by atoms with E-state index in [1.54, 1.807) is 11.9 Å². The third kappa shape index (κ3) is 9.36. The van der Waals surface area contributed by atoms with E-state index >= 15 is 0 Å². The van der Waals surface area contributed by atoms with Crippen LogP contribution in [-0.4, -0.2) is 75.7 Å². The number of hydrogen-bond donors (Lipinski definition) is 1. The van der Waals surface area contributed by atoms with Crippen LogP contribution >= 0.6 is 11.3 Å². The summed E-state index contributed by atoms with van der Waals surface area (Å²) in [5, 5.41) is 11.1. The second-order valence-corrected chi connectivity index (χ2v) is 12.4. The summed E-state index contributed by atoms with van der Waals surface area (Å²) in [6.07, 6.45) is 5.64. The van der Waals surface area contributed by atoms with Gasteiger partial charge in [-0.3, -0.25) is 19.3 Å². The fourth-order valence-electron chi connectivity index (χ4n) is 5.61. The molecule has 0 saturated carbocycles. The Bertz CT molecular complexity index is 996. The van der Waals surface area contributed by atoms with E-state index in [0.717, 1.165) is 63.0 Å². The number of carbonyl (C=O) groups excluding carboxylic acids is 3. The number of ether oxygens (including phenoxy) is 1. The first-order valence-electron chi connectivity index (χ1n) is 14.8. The van der Waals surface area contributed by atoms with Gasteiger partial charge in [-0.15, -0.1) is 11.3 Å². The third-order valence-corrected chi connectivity index (χ3v) is 9.19. The Kier molecular flexibility index (Phi) is 13.7. The van der Waals surface area contributed by atoms with E-state index in [2.05, 4.69) is 16.8 Å². The van der Waals surface area contributed by atoms with Crippen LogP contribution in [0, 0.1) is 17.8 Å². The van der Waals surface area contributed by atoms with Gasteiger partial charge < -0.3 is 14.7 Å². The van der Waals surface area contributed by atoms with Gasteiger partial charge in [0.25, 0.3) is 0 Å². The highest BCUT2D eigenvalue weighted by atomic mass is 32.1. The highest BCUT2D eigenvalue weighted by Crippen LogP contribution is 2.33. The number of carboxylic acid groups (broad SMARTS) is 1. The average molecular weight is 580 g/mol. The summed E-state index contributed by atoms with van der Waals surface area (Å²) in [5.41, 5.74) is -0.103. The number of rotatable bonds is 16. The summed E-state index contributed by atoms with van der Waals surface area (Å²) >= 11 is 1.12. The number of Topliss-reactive ketones (excluding diaryl/α,β-unsaturated/α-hetero) is 1. The molecule has 1 aromatic rings.